The van der Waals surface area contributed by atoms with Crippen LogP contribution in [-0.4, -0.2) is 22.2 Å². The molecule has 0 radical (unpaired) electrons. The Morgan fingerprint density at radius 3 is 2.59 bits per heavy atom. The van der Waals surface area contributed by atoms with Crippen LogP contribution in [0.4, 0.5) is 0 Å². The minimum atomic E-state index is -0.608. The van der Waals surface area contributed by atoms with Crippen molar-refractivity contribution in [3.05, 3.63) is 56.2 Å². The minimum absolute atomic E-state index is 0.176. The van der Waals surface area contributed by atoms with Crippen molar-refractivity contribution in [2.75, 3.05) is 6.54 Å². The average Bonchev–Trinajstić information content (AvgIpc) is 3.16. The quantitative estimate of drug-likeness (QED) is 0.599. The van der Waals surface area contributed by atoms with E-state index in [1.165, 1.54) is 25.0 Å². The number of halogens is 1. The first-order valence-electron chi connectivity index (χ1n) is 10.6. The molecule has 7 heteroatoms. The molecular weight excluding hydrogens is 432 g/mol. The molecule has 154 valence electrons. The van der Waals surface area contributed by atoms with Gasteiger partial charge in [-0.2, -0.15) is 10.0 Å². The summed E-state index contributed by atoms with van der Waals surface area (Å²) in [5, 5.41) is 10.9. The Hall–Kier alpha value is -2.02. The minimum Gasteiger partial charge on any atom is -0.348 e. The van der Waals surface area contributed by atoms with E-state index < -0.39 is 6.04 Å². The predicted octanol–water partition coefficient (Wildman–Crippen LogP) is 5.27. The average molecular weight is 459 g/mol. The van der Waals surface area contributed by atoms with Gasteiger partial charge in [-0.25, -0.2) is 0 Å². The third-order valence-electron chi connectivity index (χ3n) is 6.18. The van der Waals surface area contributed by atoms with E-state index in [0.29, 0.717) is 11.7 Å². The molecule has 0 saturated heterocycles. The topological polar surface area (TPSA) is 76.3 Å². The Morgan fingerprint density at radius 2 is 1.86 bits per heavy atom. The lowest BCUT2D eigenvalue weighted by Gasteiger charge is -2.25. The highest BCUT2D eigenvalue weighted by Crippen LogP contribution is 2.33. The Kier molecular flexibility index (Phi) is 6.43. The van der Waals surface area contributed by atoms with Gasteiger partial charge in [0.25, 0.3) is 5.91 Å². The van der Waals surface area contributed by atoms with Crippen molar-refractivity contribution in [3.8, 4) is 0 Å². The molecule has 1 fully saturated rings. The SMILES string of the molecule is O=NC(CNC(=O)c1nn(C2CCCCC2)c2c1CCCC2)c1ccc(Br)cc1. The van der Waals surface area contributed by atoms with Crippen LogP contribution in [0.2, 0.25) is 0 Å². The number of carbonyl (C=O) groups excluding carboxylic acids is 1. The Morgan fingerprint density at radius 1 is 1.14 bits per heavy atom. The van der Waals surface area contributed by atoms with Gasteiger partial charge in [-0.1, -0.05) is 52.5 Å². The molecule has 2 aliphatic rings. The van der Waals surface area contributed by atoms with Crippen LogP contribution in [0.3, 0.4) is 0 Å². The number of nitroso groups, excluding NO2 is 1. The standard InChI is InChI=1S/C22H27BrN4O2/c23-16-12-10-15(11-13-16)19(26-29)14-24-22(28)21-18-8-4-5-9-20(18)27(25-21)17-6-2-1-3-7-17/h10-13,17,19H,1-9,14H2,(H,24,28). The molecule has 1 aromatic carbocycles. The van der Waals surface area contributed by atoms with Gasteiger partial charge in [-0.3, -0.25) is 9.48 Å². The highest BCUT2D eigenvalue weighted by molar-refractivity contribution is 9.10. The molecule has 29 heavy (non-hydrogen) atoms. The third-order valence-corrected chi connectivity index (χ3v) is 6.71. The predicted molar refractivity (Wildman–Crippen MR) is 116 cm³/mol. The second-order valence-electron chi connectivity index (χ2n) is 8.10. The number of rotatable bonds is 6. The van der Waals surface area contributed by atoms with E-state index in [1.807, 2.05) is 24.3 Å². The van der Waals surface area contributed by atoms with Gasteiger partial charge in [-0.05, 0) is 56.2 Å². The second-order valence-corrected chi connectivity index (χ2v) is 9.02. The summed E-state index contributed by atoms with van der Waals surface area (Å²) in [6.45, 7) is 0.176. The van der Waals surface area contributed by atoms with Crippen LogP contribution >= 0.6 is 15.9 Å². The monoisotopic (exact) mass is 458 g/mol. The van der Waals surface area contributed by atoms with Crippen LogP contribution < -0.4 is 5.32 Å². The smallest absolute Gasteiger partial charge is 0.272 e. The summed E-state index contributed by atoms with van der Waals surface area (Å²) in [5.41, 5.74) is 3.70. The van der Waals surface area contributed by atoms with Crippen LogP contribution in [0.5, 0.6) is 0 Å². The van der Waals surface area contributed by atoms with E-state index >= 15 is 0 Å². The number of carbonyl (C=O) groups is 1. The van der Waals surface area contributed by atoms with Gasteiger partial charge < -0.3 is 5.32 Å². The zero-order valence-corrected chi connectivity index (χ0v) is 18.2. The largest absolute Gasteiger partial charge is 0.348 e. The van der Waals surface area contributed by atoms with Gasteiger partial charge in [-0.15, -0.1) is 0 Å². The van der Waals surface area contributed by atoms with Crippen LogP contribution in [0.1, 0.15) is 84.3 Å². The first kappa shape index (κ1) is 20.3. The van der Waals surface area contributed by atoms with Crippen molar-refractivity contribution in [2.24, 2.45) is 5.18 Å². The molecule has 0 spiro atoms. The van der Waals surface area contributed by atoms with Gasteiger partial charge in [0.2, 0.25) is 0 Å². The van der Waals surface area contributed by atoms with Gasteiger partial charge >= 0.3 is 0 Å². The number of fused-ring (bicyclic) bond motifs is 1. The molecule has 0 bridgehead atoms. The molecule has 1 saturated carbocycles. The van der Waals surface area contributed by atoms with E-state index in [2.05, 4.69) is 31.1 Å². The van der Waals surface area contributed by atoms with Gasteiger partial charge in [0.1, 0.15) is 6.04 Å². The highest BCUT2D eigenvalue weighted by atomic mass is 79.9. The molecular formula is C22H27BrN4O2. The molecule has 2 aromatic rings. The molecule has 0 aliphatic heterocycles. The third kappa shape index (κ3) is 4.44. The van der Waals surface area contributed by atoms with Crippen LogP contribution in [0, 0.1) is 4.91 Å². The molecule has 1 heterocycles. The Balaban J connectivity index is 1.51. The number of aromatic nitrogens is 2. The number of nitrogens with one attached hydrogen (secondary N) is 1. The molecule has 1 unspecified atom stereocenters. The fourth-order valence-electron chi connectivity index (χ4n) is 4.61. The van der Waals surface area contributed by atoms with Crippen molar-refractivity contribution in [3.63, 3.8) is 0 Å². The fraction of sp³-hybridized carbons (Fsp3) is 0.545. The summed E-state index contributed by atoms with van der Waals surface area (Å²) < 4.78 is 3.10. The van der Waals surface area contributed by atoms with Crippen molar-refractivity contribution >= 4 is 21.8 Å². The van der Waals surface area contributed by atoms with Crippen molar-refractivity contribution in [1.29, 1.82) is 0 Å². The van der Waals surface area contributed by atoms with Crippen LogP contribution in [0.15, 0.2) is 33.9 Å². The number of hydrogen-bond acceptors (Lipinski definition) is 4. The van der Waals surface area contributed by atoms with E-state index in [-0.39, 0.29) is 12.5 Å². The lowest BCUT2D eigenvalue weighted by molar-refractivity contribution is 0.0944. The van der Waals surface area contributed by atoms with Gasteiger partial charge in [0.05, 0.1) is 6.04 Å². The maximum absolute atomic E-state index is 13.0. The molecule has 1 N–H and O–H groups in total. The molecule has 1 atom stereocenters. The summed E-state index contributed by atoms with van der Waals surface area (Å²) >= 11 is 3.39. The highest BCUT2D eigenvalue weighted by Gasteiger charge is 2.29. The molecule has 6 nitrogen and oxygen atoms in total. The van der Waals surface area contributed by atoms with E-state index in [1.54, 1.807) is 0 Å². The second kappa shape index (κ2) is 9.20. The fourth-order valence-corrected chi connectivity index (χ4v) is 4.87. The lowest BCUT2D eigenvalue weighted by Crippen LogP contribution is -2.29. The normalized spacial score (nSPS) is 18.1. The molecule has 4 rings (SSSR count). The summed E-state index contributed by atoms with van der Waals surface area (Å²) in [7, 11) is 0. The molecule has 1 aromatic heterocycles. The van der Waals surface area contributed by atoms with Crippen molar-refractivity contribution < 1.29 is 4.79 Å². The zero-order chi connectivity index (χ0) is 20.2. The van der Waals surface area contributed by atoms with Crippen LogP contribution in [0.25, 0.3) is 0 Å². The zero-order valence-electron chi connectivity index (χ0n) is 16.6. The van der Waals surface area contributed by atoms with Gasteiger partial charge in [0.15, 0.2) is 5.69 Å². The van der Waals surface area contributed by atoms with Crippen LogP contribution in [-0.2, 0) is 12.8 Å². The van der Waals surface area contributed by atoms with Crippen molar-refractivity contribution in [2.45, 2.75) is 69.9 Å². The summed E-state index contributed by atoms with van der Waals surface area (Å²) in [4.78, 5) is 24.3. The van der Waals surface area contributed by atoms with E-state index in [0.717, 1.165) is 54.1 Å². The maximum atomic E-state index is 13.0. The molecule has 2 aliphatic carbocycles. The summed E-state index contributed by atoms with van der Waals surface area (Å²) in [5.74, 6) is -0.191. The first-order valence-corrected chi connectivity index (χ1v) is 11.4. The maximum Gasteiger partial charge on any atom is 0.272 e. The van der Waals surface area contributed by atoms with Crippen molar-refractivity contribution in [1.82, 2.24) is 15.1 Å². The van der Waals surface area contributed by atoms with E-state index in [9.17, 15) is 9.70 Å². The summed E-state index contributed by atoms with van der Waals surface area (Å²) in [6.07, 6.45) is 10.2. The van der Waals surface area contributed by atoms with E-state index in [4.69, 9.17) is 5.10 Å². The molecule has 1 amide bonds. The summed E-state index contributed by atoms with van der Waals surface area (Å²) in [6, 6.07) is 7.26. The number of benzene rings is 1. The Labute approximate surface area is 179 Å². The van der Waals surface area contributed by atoms with Gasteiger partial charge in [0, 0.05) is 22.3 Å². The number of hydrogen-bond donors (Lipinski definition) is 1. The Bertz CT molecular complexity index is 872. The first-order chi connectivity index (χ1) is 14.2. The lowest BCUT2D eigenvalue weighted by atomic mass is 9.92. The number of nitrogens with zero attached hydrogens (tertiary/aromatic N) is 3. The number of amides is 1.